The van der Waals surface area contributed by atoms with Crippen molar-refractivity contribution in [2.45, 2.75) is 0 Å². The summed E-state index contributed by atoms with van der Waals surface area (Å²) in [5.41, 5.74) is 0.648. The van der Waals surface area contributed by atoms with Crippen LogP contribution >= 0.6 is 0 Å². The average Bonchev–Trinajstić information content (AvgIpc) is 2.52. The van der Waals surface area contributed by atoms with Crippen molar-refractivity contribution in [2.75, 3.05) is 14.2 Å². The maximum Gasteiger partial charge on any atom is 0.169 e. The molecule has 0 unspecified atom stereocenters. The molecule has 0 fully saturated rings. The van der Waals surface area contributed by atoms with Gasteiger partial charge in [-0.25, -0.2) is 0 Å². The Balaban J connectivity index is 2.58. The summed E-state index contributed by atoms with van der Waals surface area (Å²) in [5.74, 6) is 1.41. The molecular formula is C17H14O3. The minimum absolute atomic E-state index is 0.648. The number of hydrogen-bond acceptors (Lipinski definition) is 3. The molecule has 0 radical (unpaired) electrons. The first kappa shape index (κ1) is 12.5. The number of carbonyl (C=O) groups excluding carboxylic acids is 1. The van der Waals surface area contributed by atoms with Crippen LogP contribution in [0.4, 0.5) is 0 Å². The summed E-state index contributed by atoms with van der Waals surface area (Å²) in [4.78, 5) is 11.0. The van der Waals surface area contributed by atoms with Gasteiger partial charge in [0.15, 0.2) is 11.5 Å². The molecule has 0 bridgehead atoms. The molecular weight excluding hydrogens is 252 g/mol. The summed E-state index contributed by atoms with van der Waals surface area (Å²) in [6, 6.07) is 13.5. The fourth-order valence-electron chi connectivity index (χ4n) is 2.62. The molecule has 20 heavy (non-hydrogen) atoms. The summed E-state index contributed by atoms with van der Waals surface area (Å²) in [6.07, 6.45) is 0.852. The van der Waals surface area contributed by atoms with E-state index in [1.165, 1.54) is 0 Å². The first-order valence-electron chi connectivity index (χ1n) is 6.31. The number of carbonyl (C=O) groups is 1. The van der Waals surface area contributed by atoms with Crippen molar-refractivity contribution in [3.05, 3.63) is 48.0 Å². The first-order valence-corrected chi connectivity index (χ1v) is 6.31. The van der Waals surface area contributed by atoms with Gasteiger partial charge in [0.25, 0.3) is 0 Å². The predicted molar refractivity (Wildman–Crippen MR) is 79.9 cm³/mol. The SMILES string of the molecule is COc1c(OC)c2ccc(C=O)cc2c2ccccc12. The zero-order chi connectivity index (χ0) is 14.1. The number of fused-ring (bicyclic) bond motifs is 3. The standard InChI is InChI=1S/C17H14O3/c1-19-16-13-6-4-3-5-12(13)15-9-11(10-18)7-8-14(15)17(16)20-2/h3-10H,1-2H3. The van der Waals surface area contributed by atoms with Crippen molar-refractivity contribution in [1.82, 2.24) is 0 Å². The fourth-order valence-corrected chi connectivity index (χ4v) is 2.62. The molecule has 0 saturated carbocycles. The molecule has 0 spiro atoms. The Morgan fingerprint density at radius 1 is 0.800 bits per heavy atom. The zero-order valence-corrected chi connectivity index (χ0v) is 11.3. The second kappa shape index (κ2) is 4.85. The van der Waals surface area contributed by atoms with Crippen LogP contribution in [-0.4, -0.2) is 20.5 Å². The van der Waals surface area contributed by atoms with E-state index in [-0.39, 0.29) is 0 Å². The van der Waals surface area contributed by atoms with Crippen LogP contribution in [0.3, 0.4) is 0 Å². The molecule has 3 aromatic carbocycles. The van der Waals surface area contributed by atoms with Crippen molar-refractivity contribution in [2.24, 2.45) is 0 Å². The third kappa shape index (κ3) is 1.71. The Morgan fingerprint density at radius 3 is 2.00 bits per heavy atom. The molecule has 0 aliphatic carbocycles. The van der Waals surface area contributed by atoms with Crippen LogP contribution in [0, 0.1) is 0 Å². The van der Waals surface area contributed by atoms with Crippen LogP contribution in [0.1, 0.15) is 10.4 Å². The van der Waals surface area contributed by atoms with Gasteiger partial charge in [-0.1, -0.05) is 30.3 Å². The van der Waals surface area contributed by atoms with Gasteiger partial charge < -0.3 is 9.47 Å². The molecule has 0 N–H and O–H groups in total. The van der Waals surface area contributed by atoms with E-state index in [4.69, 9.17) is 9.47 Å². The van der Waals surface area contributed by atoms with Gasteiger partial charge in [-0.15, -0.1) is 0 Å². The van der Waals surface area contributed by atoms with Crippen molar-refractivity contribution in [1.29, 1.82) is 0 Å². The number of aldehydes is 1. The van der Waals surface area contributed by atoms with Gasteiger partial charge >= 0.3 is 0 Å². The lowest BCUT2D eigenvalue weighted by Gasteiger charge is -2.15. The third-order valence-corrected chi connectivity index (χ3v) is 3.50. The van der Waals surface area contributed by atoms with E-state index >= 15 is 0 Å². The topological polar surface area (TPSA) is 35.5 Å². The van der Waals surface area contributed by atoms with Crippen LogP contribution in [0.5, 0.6) is 11.5 Å². The van der Waals surface area contributed by atoms with Crippen LogP contribution in [0.15, 0.2) is 42.5 Å². The van der Waals surface area contributed by atoms with E-state index in [1.807, 2.05) is 36.4 Å². The molecule has 0 atom stereocenters. The highest BCUT2D eigenvalue weighted by Gasteiger charge is 2.15. The largest absolute Gasteiger partial charge is 0.492 e. The van der Waals surface area contributed by atoms with Gasteiger partial charge in [0.05, 0.1) is 14.2 Å². The van der Waals surface area contributed by atoms with Gasteiger partial charge in [-0.3, -0.25) is 4.79 Å². The number of hydrogen-bond donors (Lipinski definition) is 0. The van der Waals surface area contributed by atoms with E-state index in [9.17, 15) is 4.79 Å². The van der Waals surface area contributed by atoms with Gasteiger partial charge in [0.1, 0.15) is 6.29 Å². The normalized spacial score (nSPS) is 10.7. The lowest BCUT2D eigenvalue weighted by Crippen LogP contribution is -1.94. The summed E-state index contributed by atoms with van der Waals surface area (Å²) in [5, 5.41) is 3.95. The van der Waals surface area contributed by atoms with E-state index in [0.29, 0.717) is 11.3 Å². The number of rotatable bonds is 3. The van der Waals surface area contributed by atoms with Gasteiger partial charge in [0, 0.05) is 16.3 Å². The number of ether oxygens (including phenoxy) is 2. The molecule has 0 heterocycles. The molecule has 100 valence electrons. The van der Waals surface area contributed by atoms with Crippen molar-refractivity contribution in [3.8, 4) is 11.5 Å². The molecule has 3 heteroatoms. The van der Waals surface area contributed by atoms with Crippen LogP contribution in [0.2, 0.25) is 0 Å². The Morgan fingerprint density at radius 2 is 1.40 bits per heavy atom. The summed E-state index contributed by atoms with van der Waals surface area (Å²) in [6.45, 7) is 0. The summed E-state index contributed by atoms with van der Waals surface area (Å²) in [7, 11) is 3.26. The molecule has 0 aliphatic rings. The first-order chi connectivity index (χ1) is 9.80. The Kier molecular flexibility index (Phi) is 3.03. The van der Waals surface area contributed by atoms with Crippen molar-refractivity contribution >= 4 is 27.8 Å². The molecule has 0 aliphatic heterocycles. The quantitative estimate of drug-likeness (QED) is 0.534. The average molecular weight is 266 g/mol. The monoisotopic (exact) mass is 266 g/mol. The lowest BCUT2D eigenvalue weighted by molar-refractivity contribution is 0.112. The molecule has 0 amide bonds. The summed E-state index contributed by atoms with van der Waals surface area (Å²) >= 11 is 0. The van der Waals surface area contributed by atoms with Gasteiger partial charge in [-0.2, -0.15) is 0 Å². The summed E-state index contributed by atoms with van der Waals surface area (Å²) < 4.78 is 11.0. The highest BCUT2D eigenvalue weighted by atomic mass is 16.5. The highest BCUT2D eigenvalue weighted by Crippen LogP contribution is 2.43. The van der Waals surface area contributed by atoms with Crippen LogP contribution in [-0.2, 0) is 0 Å². The molecule has 0 saturated heterocycles. The Hall–Kier alpha value is -2.55. The van der Waals surface area contributed by atoms with Gasteiger partial charge in [-0.05, 0) is 22.9 Å². The second-order valence-electron chi connectivity index (χ2n) is 4.53. The second-order valence-corrected chi connectivity index (χ2v) is 4.53. The fraction of sp³-hybridized carbons (Fsp3) is 0.118. The minimum Gasteiger partial charge on any atom is -0.492 e. The Labute approximate surface area is 116 Å². The highest BCUT2D eigenvalue weighted by molar-refractivity contribution is 6.14. The van der Waals surface area contributed by atoms with E-state index in [1.54, 1.807) is 20.3 Å². The molecule has 0 aromatic heterocycles. The molecule has 3 aromatic rings. The van der Waals surface area contributed by atoms with Gasteiger partial charge in [0.2, 0.25) is 0 Å². The van der Waals surface area contributed by atoms with Crippen molar-refractivity contribution < 1.29 is 14.3 Å². The number of methoxy groups -OCH3 is 2. The van der Waals surface area contributed by atoms with E-state index in [0.717, 1.165) is 33.6 Å². The molecule has 3 nitrogen and oxygen atoms in total. The minimum atomic E-state index is 0.648. The van der Waals surface area contributed by atoms with Crippen LogP contribution < -0.4 is 9.47 Å². The lowest BCUT2D eigenvalue weighted by atomic mass is 9.98. The smallest absolute Gasteiger partial charge is 0.169 e. The van der Waals surface area contributed by atoms with E-state index < -0.39 is 0 Å². The molecule has 3 rings (SSSR count). The zero-order valence-electron chi connectivity index (χ0n) is 11.3. The maximum absolute atomic E-state index is 11.0. The Bertz CT molecular complexity index is 806. The third-order valence-electron chi connectivity index (χ3n) is 3.50. The van der Waals surface area contributed by atoms with Crippen LogP contribution in [0.25, 0.3) is 21.5 Å². The predicted octanol–water partition coefficient (Wildman–Crippen LogP) is 3.82. The number of benzene rings is 3. The van der Waals surface area contributed by atoms with Crippen molar-refractivity contribution in [3.63, 3.8) is 0 Å². The maximum atomic E-state index is 11.0. The van der Waals surface area contributed by atoms with E-state index in [2.05, 4.69) is 0 Å².